The van der Waals surface area contributed by atoms with E-state index in [9.17, 15) is 0 Å². The molecule has 3 rings (SSSR count). The van der Waals surface area contributed by atoms with Crippen LogP contribution in [0.4, 0.5) is 0 Å². The molecule has 0 unspecified atom stereocenters. The summed E-state index contributed by atoms with van der Waals surface area (Å²) in [6.45, 7) is 12.6. The number of benzene rings is 2. The van der Waals surface area contributed by atoms with Gasteiger partial charge in [0.25, 0.3) is 0 Å². The van der Waals surface area contributed by atoms with Crippen molar-refractivity contribution < 1.29 is 14.2 Å². The van der Waals surface area contributed by atoms with E-state index in [-0.39, 0.29) is 0 Å². The first-order chi connectivity index (χ1) is 14.2. The van der Waals surface area contributed by atoms with Crippen molar-refractivity contribution in [1.29, 1.82) is 0 Å². The third-order valence-corrected chi connectivity index (χ3v) is 4.96. The standard InChI is InChI=1S/C24H32N2O3/c1-19(2)18-29-24-14-20(8-9-23(24)27-3)15-25-16-21-6-4-5-7-22(21)17-26-10-12-28-13-11-26/h4-9,14,25H,1,10-13,15-18H2,2-3H3. The molecule has 0 bridgehead atoms. The molecule has 1 fully saturated rings. The highest BCUT2D eigenvalue weighted by atomic mass is 16.5. The number of methoxy groups -OCH3 is 1. The van der Waals surface area contributed by atoms with Crippen molar-refractivity contribution in [2.24, 2.45) is 0 Å². The van der Waals surface area contributed by atoms with E-state index in [2.05, 4.69) is 47.1 Å². The summed E-state index contributed by atoms with van der Waals surface area (Å²) in [5, 5.41) is 3.57. The van der Waals surface area contributed by atoms with Gasteiger partial charge >= 0.3 is 0 Å². The molecule has 1 aliphatic heterocycles. The number of hydrogen-bond donors (Lipinski definition) is 1. The molecule has 5 nitrogen and oxygen atoms in total. The predicted octanol–water partition coefficient (Wildman–Crippen LogP) is 3.77. The monoisotopic (exact) mass is 396 g/mol. The van der Waals surface area contributed by atoms with E-state index < -0.39 is 0 Å². The van der Waals surface area contributed by atoms with Gasteiger partial charge in [0.15, 0.2) is 11.5 Å². The Morgan fingerprint density at radius 1 is 1.07 bits per heavy atom. The fourth-order valence-corrected chi connectivity index (χ4v) is 3.37. The van der Waals surface area contributed by atoms with Crippen LogP contribution in [0.25, 0.3) is 0 Å². The maximum absolute atomic E-state index is 5.83. The Kier molecular flexibility index (Phi) is 8.11. The summed E-state index contributed by atoms with van der Waals surface area (Å²) in [6.07, 6.45) is 0. The first-order valence-electron chi connectivity index (χ1n) is 10.2. The molecule has 1 aliphatic rings. The van der Waals surface area contributed by atoms with Crippen LogP contribution in [0.3, 0.4) is 0 Å². The van der Waals surface area contributed by atoms with Gasteiger partial charge in [0.1, 0.15) is 6.61 Å². The van der Waals surface area contributed by atoms with Gasteiger partial charge in [-0.2, -0.15) is 0 Å². The maximum Gasteiger partial charge on any atom is 0.161 e. The Bertz CT molecular complexity index is 800. The minimum atomic E-state index is 0.488. The molecule has 5 heteroatoms. The Hall–Kier alpha value is -2.34. The van der Waals surface area contributed by atoms with Gasteiger partial charge in [-0.25, -0.2) is 0 Å². The van der Waals surface area contributed by atoms with Gasteiger partial charge in [0, 0.05) is 32.7 Å². The van der Waals surface area contributed by atoms with E-state index in [1.807, 2.05) is 19.1 Å². The lowest BCUT2D eigenvalue weighted by atomic mass is 10.1. The second-order valence-electron chi connectivity index (χ2n) is 7.49. The van der Waals surface area contributed by atoms with Crippen LogP contribution < -0.4 is 14.8 Å². The third-order valence-electron chi connectivity index (χ3n) is 4.96. The van der Waals surface area contributed by atoms with Crippen LogP contribution in [0.1, 0.15) is 23.6 Å². The van der Waals surface area contributed by atoms with E-state index in [0.29, 0.717) is 6.61 Å². The highest BCUT2D eigenvalue weighted by molar-refractivity contribution is 5.43. The molecule has 156 valence electrons. The summed E-state index contributed by atoms with van der Waals surface area (Å²) in [5.41, 5.74) is 4.86. The number of hydrogen-bond acceptors (Lipinski definition) is 5. The number of rotatable bonds is 10. The highest BCUT2D eigenvalue weighted by Crippen LogP contribution is 2.28. The van der Waals surface area contributed by atoms with Crippen molar-refractivity contribution in [3.63, 3.8) is 0 Å². The number of morpholine rings is 1. The molecular formula is C24H32N2O3. The van der Waals surface area contributed by atoms with E-state index in [4.69, 9.17) is 14.2 Å². The Morgan fingerprint density at radius 2 is 1.83 bits per heavy atom. The molecule has 0 aromatic heterocycles. The zero-order valence-electron chi connectivity index (χ0n) is 17.6. The molecule has 0 aliphatic carbocycles. The van der Waals surface area contributed by atoms with Crippen LogP contribution in [-0.4, -0.2) is 44.9 Å². The fraction of sp³-hybridized carbons (Fsp3) is 0.417. The third kappa shape index (κ3) is 6.60. The fourth-order valence-electron chi connectivity index (χ4n) is 3.37. The van der Waals surface area contributed by atoms with Crippen molar-refractivity contribution in [2.75, 3.05) is 40.0 Å². The van der Waals surface area contributed by atoms with Gasteiger partial charge in [0.2, 0.25) is 0 Å². The zero-order valence-corrected chi connectivity index (χ0v) is 17.6. The molecule has 2 aromatic rings. The molecule has 0 radical (unpaired) electrons. The topological polar surface area (TPSA) is 43.0 Å². The normalized spacial score (nSPS) is 14.6. The van der Waals surface area contributed by atoms with Gasteiger partial charge in [-0.15, -0.1) is 0 Å². The summed E-state index contributed by atoms with van der Waals surface area (Å²) < 4.78 is 16.7. The van der Waals surface area contributed by atoms with Crippen LogP contribution in [0.15, 0.2) is 54.6 Å². The Balaban J connectivity index is 1.58. The van der Waals surface area contributed by atoms with Crippen molar-refractivity contribution in [3.05, 3.63) is 71.3 Å². The molecular weight excluding hydrogens is 364 g/mol. The summed E-state index contributed by atoms with van der Waals surface area (Å²) >= 11 is 0. The lowest BCUT2D eigenvalue weighted by molar-refractivity contribution is 0.0340. The molecule has 1 heterocycles. The minimum Gasteiger partial charge on any atom is -0.493 e. The quantitative estimate of drug-likeness (QED) is 0.619. The van der Waals surface area contributed by atoms with Gasteiger partial charge in [-0.3, -0.25) is 4.90 Å². The average molecular weight is 397 g/mol. The molecule has 0 atom stereocenters. The second kappa shape index (κ2) is 11.0. The number of ether oxygens (including phenoxy) is 3. The minimum absolute atomic E-state index is 0.488. The summed E-state index contributed by atoms with van der Waals surface area (Å²) in [5.74, 6) is 1.49. The lowest BCUT2D eigenvalue weighted by Crippen LogP contribution is -2.36. The van der Waals surface area contributed by atoms with Crippen LogP contribution in [0, 0.1) is 0 Å². The van der Waals surface area contributed by atoms with E-state index in [1.165, 1.54) is 11.1 Å². The molecule has 0 amide bonds. The van der Waals surface area contributed by atoms with Gasteiger partial charge in [-0.05, 0) is 41.3 Å². The highest BCUT2D eigenvalue weighted by Gasteiger charge is 2.12. The average Bonchev–Trinajstić information content (AvgIpc) is 2.74. The second-order valence-corrected chi connectivity index (χ2v) is 7.49. The zero-order chi connectivity index (χ0) is 20.5. The van der Waals surface area contributed by atoms with E-state index in [0.717, 1.165) is 68.6 Å². The van der Waals surface area contributed by atoms with Crippen LogP contribution >= 0.6 is 0 Å². The van der Waals surface area contributed by atoms with Crippen molar-refractivity contribution in [2.45, 2.75) is 26.6 Å². The van der Waals surface area contributed by atoms with Gasteiger partial charge in [0.05, 0.1) is 20.3 Å². The van der Waals surface area contributed by atoms with Gasteiger partial charge < -0.3 is 19.5 Å². The largest absolute Gasteiger partial charge is 0.493 e. The van der Waals surface area contributed by atoms with Crippen molar-refractivity contribution in [3.8, 4) is 11.5 Å². The summed E-state index contributed by atoms with van der Waals surface area (Å²) in [6, 6.07) is 14.7. The molecule has 29 heavy (non-hydrogen) atoms. The molecule has 1 saturated heterocycles. The van der Waals surface area contributed by atoms with Gasteiger partial charge in [-0.1, -0.05) is 36.9 Å². The molecule has 1 N–H and O–H groups in total. The van der Waals surface area contributed by atoms with Crippen molar-refractivity contribution in [1.82, 2.24) is 10.2 Å². The van der Waals surface area contributed by atoms with E-state index in [1.54, 1.807) is 7.11 Å². The number of nitrogens with zero attached hydrogens (tertiary/aromatic N) is 1. The van der Waals surface area contributed by atoms with E-state index >= 15 is 0 Å². The Morgan fingerprint density at radius 3 is 2.55 bits per heavy atom. The van der Waals surface area contributed by atoms with Crippen LogP contribution in [0.5, 0.6) is 11.5 Å². The van der Waals surface area contributed by atoms with Crippen LogP contribution in [0.2, 0.25) is 0 Å². The summed E-state index contributed by atoms with van der Waals surface area (Å²) in [7, 11) is 1.66. The SMILES string of the molecule is C=C(C)COc1cc(CNCc2ccccc2CN2CCOCC2)ccc1OC. The summed E-state index contributed by atoms with van der Waals surface area (Å²) in [4.78, 5) is 2.46. The molecule has 0 saturated carbocycles. The molecule has 0 spiro atoms. The first kappa shape index (κ1) is 21.4. The Labute approximate surface area is 174 Å². The maximum atomic E-state index is 5.83. The van der Waals surface area contributed by atoms with Crippen LogP contribution in [-0.2, 0) is 24.4 Å². The first-order valence-corrected chi connectivity index (χ1v) is 10.2. The molecule has 2 aromatic carbocycles. The number of nitrogens with one attached hydrogen (secondary N) is 1. The predicted molar refractivity (Wildman–Crippen MR) is 116 cm³/mol. The smallest absolute Gasteiger partial charge is 0.161 e. The lowest BCUT2D eigenvalue weighted by Gasteiger charge is -2.27. The van der Waals surface area contributed by atoms with Crippen molar-refractivity contribution >= 4 is 0 Å².